The van der Waals surface area contributed by atoms with E-state index in [9.17, 15) is 21.6 Å². The molecule has 0 unspecified atom stereocenters. The number of alkyl halides is 3. The van der Waals surface area contributed by atoms with Gasteiger partial charge in [0.2, 0.25) is 10.0 Å². The van der Waals surface area contributed by atoms with Gasteiger partial charge in [-0.15, -0.1) is 0 Å². The predicted molar refractivity (Wildman–Crippen MR) is 176 cm³/mol. The third-order valence-corrected chi connectivity index (χ3v) is 10.9. The van der Waals surface area contributed by atoms with E-state index in [4.69, 9.17) is 14.6 Å². The first-order valence-electron chi connectivity index (χ1n) is 16.0. The lowest BCUT2D eigenvalue weighted by Gasteiger charge is -2.49. The molecule has 0 amide bonds. The molecule has 3 heterocycles. The first-order chi connectivity index (χ1) is 22.3. The van der Waals surface area contributed by atoms with E-state index in [1.165, 1.54) is 36.7 Å². The number of aromatic nitrogens is 1. The molecule has 13 heteroatoms. The van der Waals surface area contributed by atoms with E-state index in [0.717, 1.165) is 57.7 Å². The van der Waals surface area contributed by atoms with Crippen LogP contribution in [-0.2, 0) is 21.3 Å². The third-order valence-electron chi connectivity index (χ3n) is 9.95. The summed E-state index contributed by atoms with van der Waals surface area (Å²) in [7, 11) is -0.777. The maximum atomic E-state index is 13.8. The van der Waals surface area contributed by atoms with E-state index in [-0.39, 0.29) is 28.9 Å². The van der Waals surface area contributed by atoms with Crippen LogP contribution in [-0.4, -0.2) is 83.2 Å². The normalized spacial score (nSPS) is 21.6. The number of piperidine rings is 1. The van der Waals surface area contributed by atoms with Crippen LogP contribution in [0.1, 0.15) is 44.2 Å². The highest BCUT2D eigenvalue weighted by molar-refractivity contribution is 7.89. The Balaban J connectivity index is 1.16. The minimum atomic E-state index is -4.43. The number of hydrogen-bond donors (Lipinski definition) is 2. The van der Waals surface area contributed by atoms with E-state index in [1.807, 2.05) is 6.07 Å². The summed E-state index contributed by atoms with van der Waals surface area (Å²) in [5.41, 5.74) is 2.54. The van der Waals surface area contributed by atoms with Crippen LogP contribution in [0.2, 0.25) is 0 Å². The Morgan fingerprint density at radius 2 is 1.83 bits per heavy atom. The van der Waals surface area contributed by atoms with Crippen molar-refractivity contribution in [2.24, 2.45) is 10.6 Å². The van der Waals surface area contributed by atoms with Crippen LogP contribution in [0.15, 0.2) is 47.4 Å². The van der Waals surface area contributed by atoms with E-state index in [2.05, 4.69) is 22.1 Å². The largest absolute Gasteiger partial charge is 0.495 e. The van der Waals surface area contributed by atoms with Crippen molar-refractivity contribution in [3.8, 4) is 17.6 Å². The van der Waals surface area contributed by atoms with Crippen molar-refractivity contribution >= 4 is 32.3 Å². The molecule has 3 aliphatic rings. The number of nitrogens with one attached hydrogen (secondary N) is 1. The van der Waals surface area contributed by atoms with Crippen molar-refractivity contribution < 1.29 is 31.1 Å². The number of likely N-dealkylation sites (tertiary alicyclic amines) is 1. The van der Waals surface area contributed by atoms with Gasteiger partial charge < -0.3 is 29.2 Å². The average Bonchev–Trinajstić information content (AvgIpc) is 3.36. The van der Waals surface area contributed by atoms with Crippen LogP contribution in [0.25, 0.3) is 10.9 Å². The molecule has 3 aromatic rings. The van der Waals surface area contributed by atoms with Gasteiger partial charge in [-0.05, 0) is 87.9 Å². The Morgan fingerprint density at radius 3 is 2.45 bits per heavy atom. The van der Waals surface area contributed by atoms with Crippen molar-refractivity contribution in [3.05, 3.63) is 48.2 Å². The second kappa shape index (κ2) is 13.2. The number of halogens is 3. The van der Waals surface area contributed by atoms with Crippen molar-refractivity contribution in [1.29, 1.82) is 0 Å². The molecule has 3 fully saturated rings. The van der Waals surface area contributed by atoms with Crippen LogP contribution >= 0.6 is 0 Å². The predicted octanol–water partition coefficient (Wildman–Crippen LogP) is 5.18. The minimum Gasteiger partial charge on any atom is -0.495 e. The zero-order valence-corrected chi connectivity index (χ0v) is 27.6. The van der Waals surface area contributed by atoms with Gasteiger partial charge >= 0.3 is 6.18 Å². The Bertz CT molecular complexity index is 1760. The molecule has 2 aliphatic heterocycles. The first-order valence-corrected chi connectivity index (χ1v) is 17.6. The van der Waals surface area contributed by atoms with Crippen molar-refractivity contribution in [1.82, 2.24) is 9.47 Å². The molecule has 47 heavy (non-hydrogen) atoms. The molecule has 1 spiro atoms. The van der Waals surface area contributed by atoms with Gasteiger partial charge in [0.25, 0.3) is 0 Å². The van der Waals surface area contributed by atoms with E-state index in [1.54, 1.807) is 36.2 Å². The van der Waals surface area contributed by atoms with Crippen LogP contribution in [0.5, 0.6) is 5.75 Å². The number of rotatable bonds is 8. The van der Waals surface area contributed by atoms with Crippen LogP contribution in [0, 0.1) is 17.3 Å². The molecule has 1 saturated carbocycles. The second-order valence-corrected chi connectivity index (χ2v) is 14.7. The number of benzene rings is 2. The zero-order valence-electron chi connectivity index (χ0n) is 26.8. The van der Waals surface area contributed by atoms with E-state index >= 15 is 0 Å². The summed E-state index contributed by atoms with van der Waals surface area (Å²) in [5.74, 6) is 6.23. The number of anilines is 2. The topological polar surface area (TPSA) is 102 Å². The lowest BCUT2D eigenvalue weighted by molar-refractivity contribution is -0.143. The summed E-state index contributed by atoms with van der Waals surface area (Å²) in [5, 5.41) is 9.60. The number of ether oxygens (including phenoxy) is 2. The minimum absolute atomic E-state index is 0.0914. The first kappa shape index (κ1) is 33.5. The highest BCUT2D eigenvalue weighted by Gasteiger charge is 2.42. The van der Waals surface area contributed by atoms with Gasteiger partial charge in [0.15, 0.2) is 0 Å². The summed E-state index contributed by atoms with van der Waals surface area (Å²) in [4.78, 5) is 4.28. The Labute approximate surface area is 274 Å². The van der Waals surface area contributed by atoms with E-state index < -0.39 is 22.7 Å². The third kappa shape index (κ3) is 7.51. The molecule has 9 nitrogen and oxygen atoms in total. The van der Waals surface area contributed by atoms with Crippen molar-refractivity contribution in [2.45, 2.75) is 68.2 Å². The molecule has 1 aliphatic carbocycles. The molecule has 0 bridgehead atoms. The smallest absolute Gasteiger partial charge is 0.406 e. The fraction of sp³-hybridized carbons (Fsp3) is 0.529. The van der Waals surface area contributed by atoms with Gasteiger partial charge in [-0.1, -0.05) is 12.0 Å². The lowest BCUT2D eigenvalue weighted by Crippen LogP contribution is -2.53. The molecular weight excluding hydrogens is 631 g/mol. The molecule has 0 atom stereocenters. The fourth-order valence-corrected chi connectivity index (χ4v) is 7.72. The number of nitrogens with zero attached hydrogens (tertiary/aromatic N) is 3. The molecular formula is C34H42F3N5O4S. The van der Waals surface area contributed by atoms with Crippen LogP contribution in [0.3, 0.4) is 0 Å². The highest BCUT2D eigenvalue weighted by atomic mass is 32.2. The number of sulfonamides is 1. The zero-order chi connectivity index (χ0) is 33.4. The number of primary sulfonamides is 1. The number of methoxy groups -OCH3 is 1. The Morgan fingerprint density at radius 1 is 1.11 bits per heavy atom. The lowest BCUT2D eigenvalue weighted by atomic mass is 9.76. The molecule has 3 N–H and O–H groups in total. The summed E-state index contributed by atoms with van der Waals surface area (Å²) in [6, 6.07) is 12.2. The van der Waals surface area contributed by atoms with Gasteiger partial charge in [-0.2, -0.15) is 13.2 Å². The number of hydrogen-bond acceptors (Lipinski definition) is 7. The van der Waals surface area contributed by atoms with Gasteiger partial charge in [0.05, 0.1) is 48.7 Å². The molecule has 254 valence electrons. The molecule has 6 rings (SSSR count). The van der Waals surface area contributed by atoms with Crippen molar-refractivity contribution in [3.63, 3.8) is 0 Å². The molecule has 0 radical (unpaired) electrons. The van der Waals surface area contributed by atoms with Gasteiger partial charge in [0.1, 0.15) is 12.3 Å². The standard InChI is InChI=1S/C34H42F3N5O4S/c1-40(31-13-12-27(47(38,43)44)20-32(31)45-2)16-4-5-26-19-28-29(6-3-7-30(28)42(26)21-34(35,36)37)39-24-8-10-25(11-9-24)41-17-14-33(15-18-41)22-46-23-33/h3,6-7,12-13,19-20,24-25,39H,8-11,14-18,21-23H2,1-2H3,(H2,38,43,44). The summed E-state index contributed by atoms with van der Waals surface area (Å²) in [6.07, 6.45) is 2.22. The van der Waals surface area contributed by atoms with E-state index in [0.29, 0.717) is 28.0 Å². The summed E-state index contributed by atoms with van der Waals surface area (Å²) in [6.45, 7) is 3.09. The Hall–Kier alpha value is -3.44. The van der Waals surface area contributed by atoms with Gasteiger partial charge in [-0.3, -0.25) is 0 Å². The molecule has 1 aromatic heterocycles. The maximum absolute atomic E-state index is 13.8. The van der Waals surface area contributed by atoms with Crippen LogP contribution in [0.4, 0.5) is 24.5 Å². The summed E-state index contributed by atoms with van der Waals surface area (Å²) >= 11 is 0. The highest BCUT2D eigenvalue weighted by Crippen LogP contribution is 2.40. The van der Waals surface area contributed by atoms with Gasteiger partial charge in [-0.25, -0.2) is 13.6 Å². The van der Waals surface area contributed by atoms with Crippen LogP contribution < -0.4 is 20.1 Å². The van der Waals surface area contributed by atoms with Crippen molar-refractivity contribution in [2.75, 3.05) is 57.2 Å². The Kier molecular flexibility index (Phi) is 9.41. The quantitative estimate of drug-likeness (QED) is 0.318. The molecule has 2 aromatic carbocycles. The van der Waals surface area contributed by atoms with Gasteiger partial charge in [0, 0.05) is 41.7 Å². The number of fused-ring (bicyclic) bond motifs is 1. The second-order valence-electron chi connectivity index (χ2n) is 13.2. The fourth-order valence-electron chi connectivity index (χ4n) is 7.20. The monoisotopic (exact) mass is 673 g/mol. The maximum Gasteiger partial charge on any atom is 0.406 e. The SMILES string of the molecule is COc1cc(S(N)(=O)=O)ccc1N(C)CC#Cc1cc2c(NC3CCC(N4CCC5(CC4)COC5)CC3)cccc2n1CC(F)(F)F. The molecule has 2 saturated heterocycles. The number of nitrogens with two attached hydrogens (primary N) is 1. The summed E-state index contributed by atoms with van der Waals surface area (Å²) < 4.78 is 76.8. The average molecular weight is 674 g/mol.